The number of fused-ring (bicyclic) bond motifs is 2. The van der Waals surface area contributed by atoms with E-state index in [0.29, 0.717) is 48.9 Å². The molecule has 0 saturated carbocycles. The second kappa shape index (κ2) is 17.2. The Balaban J connectivity index is 0.000000204. The molecule has 1 amide bonds. The van der Waals surface area contributed by atoms with Crippen molar-refractivity contribution in [3.8, 4) is 46.0 Å². The molecule has 0 aliphatic carbocycles. The topological polar surface area (TPSA) is 210 Å². The fraction of sp³-hybridized carbons (Fsp3) is 0.267. The van der Waals surface area contributed by atoms with Crippen molar-refractivity contribution < 1.29 is 54.1 Å². The molecule has 13 nitrogen and oxygen atoms in total. The van der Waals surface area contributed by atoms with Crippen LogP contribution in [0, 0.1) is 0 Å². The minimum atomic E-state index is -0.994. The van der Waals surface area contributed by atoms with Crippen LogP contribution in [0.3, 0.4) is 0 Å². The highest BCUT2D eigenvalue weighted by Crippen LogP contribution is 2.36. The van der Waals surface area contributed by atoms with Crippen LogP contribution in [0.25, 0.3) is 0 Å². The first-order valence-corrected chi connectivity index (χ1v) is 15.5. The van der Waals surface area contributed by atoms with Crippen molar-refractivity contribution in [1.29, 1.82) is 0 Å². The number of nitrogens with one attached hydrogen (secondary N) is 1. The minimum Gasteiger partial charge on any atom is -0.504 e. The first-order chi connectivity index (χ1) is 21.6. The number of rotatable bonds is 7. The zero-order valence-corrected chi connectivity index (χ0v) is 26.6. The molecule has 4 heterocycles. The van der Waals surface area contributed by atoms with Crippen LogP contribution in [0.15, 0.2) is 57.9 Å². The van der Waals surface area contributed by atoms with Gasteiger partial charge >= 0.3 is 5.97 Å². The number of hydrogen-bond acceptors (Lipinski definition) is 13. The molecular weight excluding hydrogens is 664 g/mol. The molecule has 0 saturated heterocycles. The van der Waals surface area contributed by atoms with Gasteiger partial charge in [0.1, 0.15) is 13.2 Å². The molecule has 2 aliphatic rings. The number of amides is 1. The van der Waals surface area contributed by atoms with Crippen molar-refractivity contribution >= 4 is 47.0 Å². The third kappa shape index (κ3) is 9.97. The van der Waals surface area contributed by atoms with Gasteiger partial charge in [-0.15, -0.1) is 35.1 Å². The van der Waals surface area contributed by atoms with E-state index < -0.39 is 18.2 Å². The SMILES string of the molecule is Cl.NCCc1ccc(O)c(O)c1.O=C(NCCc1ccc(O)c(O)c1)C1COc2cscc2O1.O=C(O)C1COc2cscc2O1. The van der Waals surface area contributed by atoms with Crippen LogP contribution in [-0.2, 0) is 22.4 Å². The van der Waals surface area contributed by atoms with Gasteiger partial charge in [0.05, 0.1) is 0 Å². The number of aliphatic carboxylic acids is 1. The van der Waals surface area contributed by atoms with Crippen molar-refractivity contribution in [3.63, 3.8) is 0 Å². The molecule has 46 heavy (non-hydrogen) atoms. The molecule has 2 aliphatic heterocycles. The van der Waals surface area contributed by atoms with Crippen LogP contribution in [0.2, 0.25) is 0 Å². The number of phenols is 4. The maximum Gasteiger partial charge on any atom is 0.348 e. The standard InChI is InChI=1S/C15H15NO5S.C8H11NO2.C7H6O4S.ClH/c17-10-2-1-9(5-11(10)18)3-4-16-15(19)12-6-20-13-7-22-8-14(13)21-12;9-4-3-6-1-2-7(10)8(11)5-6;8-7(9)4-1-10-5-2-12-3-6(5)11-4;/h1-2,5,7-8,12,17-18H,3-4,6H2,(H,16,19);1-2,5,10-11H,3-4,9H2;2-4H,1H2,(H,8,9);1H. The lowest BCUT2D eigenvalue weighted by Gasteiger charge is -2.23. The molecule has 0 spiro atoms. The average molecular weight is 697 g/mol. The van der Waals surface area contributed by atoms with E-state index in [1.54, 1.807) is 28.3 Å². The summed E-state index contributed by atoms with van der Waals surface area (Å²) in [5, 5.41) is 55.1. The van der Waals surface area contributed by atoms with E-state index >= 15 is 0 Å². The smallest absolute Gasteiger partial charge is 0.348 e. The predicted octanol–water partition coefficient (Wildman–Crippen LogP) is 3.65. The van der Waals surface area contributed by atoms with E-state index in [1.807, 2.05) is 5.38 Å². The third-order valence-electron chi connectivity index (χ3n) is 6.30. The number of nitrogens with two attached hydrogens (primary N) is 1. The van der Waals surface area contributed by atoms with Crippen LogP contribution in [-0.4, -0.2) is 75.9 Å². The van der Waals surface area contributed by atoms with Gasteiger partial charge in [0.2, 0.25) is 12.2 Å². The van der Waals surface area contributed by atoms with E-state index in [2.05, 4.69) is 5.32 Å². The zero-order chi connectivity index (χ0) is 32.3. The van der Waals surface area contributed by atoms with E-state index in [4.69, 9.17) is 40.0 Å². The molecule has 0 bridgehead atoms. The monoisotopic (exact) mass is 696 g/mol. The van der Waals surface area contributed by atoms with Gasteiger partial charge in [-0.25, -0.2) is 4.79 Å². The van der Waals surface area contributed by atoms with E-state index in [1.165, 1.54) is 46.9 Å². The zero-order valence-electron chi connectivity index (χ0n) is 24.2. The number of carbonyl (C=O) groups is 2. The number of carboxylic acids is 1. The number of thiophene rings is 2. The van der Waals surface area contributed by atoms with Crippen molar-refractivity contribution in [2.75, 3.05) is 26.3 Å². The van der Waals surface area contributed by atoms with Crippen molar-refractivity contribution in [2.45, 2.75) is 25.0 Å². The van der Waals surface area contributed by atoms with Gasteiger partial charge in [0, 0.05) is 28.1 Å². The summed E-state index contributed by atoms with van der Waals surface area (Å²) in [6.07, 6.45) is -0.271. The number of phenolic OH excluding ortho intramolecular Hbond substituents is 4. The predicted molar refractivity (Wildman–Crippen MR) is 172 cm³/mol. The first-order valence-electron chi connectivity index (χ1n) is 13.6. The Morgan fingerprint density at radius 3 is 1.72 bits per heavy atom. The molecule has 2 unspecified atom stereocenters. The number of carbonyl (C=O) groups excluding carboxylic acids is 1. The molecule has 2 aromatic heterocycles. The van der Waals surface area contributed by atoms with Crippen molar-refractivity contribution in [1.82, 2.24) is 5.32 Å². The molecule has 2 aromatic carbocycles. The Hall–Kier alpha value is -4.57. The Morgan fingerprint density at radius 2 is 1.22 bits per heavy atom. The van der Waals surface area contributed by atoms with E-state index in [-0.39, 0.29) is 54.5 Å². The normalized spacial score (nSPS) is 15.5. The average Bonchev–Trinajstić information content (AvgIpc) is 3.70. The molecule has 8 N–H and O–H groups in total. The van der Waals surface area contributed by atoms with E-state index in [0.717, 1.165) is 11.1 Å². The second-order valence-electron chi connectivity index (χ2n) is 9.60. The quantitative estimate of drug-likeness (QED) is 0.138. The Labute approximate surface area is 277 Å². The van der Waals surface area contributed by atoms with Gasteiger partial charge in [-0.1, -0.05) is 12.1 Å². The fourth-order valence-corrected chi connectivity index (χ4v) is 5.29. The fourth-order valence-electron chi connectivity index (χ4n) is 3.95. The van der Waals surface area contributed by atoms with Gasteiger partial charge in [0.15, 0.2) is 46.0 Å². The number of benzene rings is 2. The van der Waals surface area contributed by atoms with Gasteiger partial charge in [-0.3, -0.25) is 4.79 Å². The summed E-state index contributed by atoms with van der Waals surface area (Å²) in [4.78, 5) is 22.5. The maximum atomic E-state index is 12.0. The molecular formula is C30H33ClN2O11S2. The highest BCUT2D eigenvalue weighted by Gasteiger charge is 2.28. The van der Waals surface area contributed by atoms with Gasteiger partial charge in [-0.2, -0.15) is 0 Å². The summed E-state index contributed by atoms with van der Waals surface area (Å²) < 4.78 is 21.3. The van der Waals surface area contributed by atoms with Crippen molar-refractivity contribution in [3.05, 3.63) is 69.0 Å². The number of halogens is 1. The van der Waals surface area contributed by atoms with Crippen LogP contribution < -0.4 is 30.0 Å². The van der Waals surface area contributed by atoms with E-state index in [9.17, 15) is 19.8 Å². The lowest BCUT2D eigenvalue weighted by Crippen LogP contribution is -2.44. The number of hydrogen-bond donors (Lipinski definition) is 7. The second-order valence-corrected chi connectivity index (χ2v) is 11.1. The third-order valence-corrected chi connectivity index (χ3v) is 7.70. The number of aromatic hydroxyl groups is 4. The number of ether oxygens (including phenoxy) is 4. The summed E-state index contributed by atoms with van der Waals surface area (Å²) in [7, 11) is 0. The summed E-state index contributed by atoms with van der Waals surface area (Å²) in [6.45, 7) is 1.22. The van der Waals surface area contributed by atoms with Gasteiger partial charge in [-0.05, 0) is 54.8 Å². The molecule has 6 rings (SSSR count). The molecule has 4 aromatic rings. The highest BCUT2D eigenvalue weighted by atomic mass is 35.5. The largest absolute Gasteiger partial charge is 0.504 e. The lowest BCUT2D eigenvalue weighted by molar-refractivity contribution is -0.147. The highest BCUT2D eigenvalue weighted by molar-refractivity contribution is 7.08. The molecule has 0 fully saturated rings. The van der Waals surface area contributed by atoms with Crippen molar-refractivity contribution in [2.24, 2.45) is 5.73 Å². The summed E-state index contributed by atoms with van der Waals surface area (Å²) in [5.41, 5.74) is 7.05. The number of carboxylic acid groups (broad SMARTS) is 1. The molecule has 0 radical (unpaired) electrons. The Morgan fingerprint density at radius 1 is 0.739 bits per heavy atom. The molecule has 2 atom stereocenters. The Kier molecular flexibility index (Phi) is 13.4. The summed E-state index contributed by atoms with van der Waals surface area (Å²) in [5.74, 6) is 0.697. The van der Waals surface area contributed by atoms with Crippen LogP contribution >= 0.6 is 35.1 Å². The lowest BCUT2D eigenvalue weighted by atomic mass is 10.1. The van der Waals surface area contributed by atoms with Crippen LogP contribution in [0.1, 0.15) is 11.1 Å². The van der Waals surface area contributed by atoms with Gasteiger partial charge < -0.3 is 55.5 Å². The first kappa shape index (κ1) is 35.9. The maximum absolute atomic E-state index is 12.0. The molecule has 16 heteroatoms. The summed E-state index contributed by atoms with van der Waals surface area (Å²) >= 11 is 2.89. The van der Waals surface area contributed by atoms with Crippen LogP contribution in [0.5, 0.6) is 46.0 Å². The van der Waals surface area contributed by atoms with Gasteiger partial charge in [0.25, 0.3) is 5.91 Å². The minimum absolute atomic E-state index is 0. The summed E-state index contributed by atoms with van der Waals surface area (Å²) in [6, 6.07) is 9.30. The molecule has 248 valence electrons. The Bertz CT molecular complexity index is 1600. The van der Waals surface area contributed by atoms with Crippen LogP contribution in [0.4, 0.5) is 0 Å².